The van der Waals surface area contributed by atoms with Crippen molar-refractivity contribution in [1.29, 1.82) is 0 Å². The lowest BCUT2D eigenvalue weighted by molar-refractivity contribution is 0.148. The quantitative estimate of drug-likeness (QED) is 0.396. The largest absolute Gasteiger partial charge is 0.477 e. The molecule has 1 aliphatic heterocycles. The van der Waals surface area contributed by atoms with Gasteiger partial charge in [0.25, 0.3) is 0 Å². The van der Waals surface area contributed by atoms with Crippen LogP contribution in [0.2, 0.25) is 0 Å². The molecule has 0 unspecified atom stereocenters. The van der Waals surface area contributed by atoms with Gasteiger partial charge in [-0.3, -0.25) is 0 Å². The number of aromatic nitrogens is 5. The van der Waals surface area contributed by atoms with Gasteiger partial charge < -0.3 is 19.4 Å². The first kappa shape index (κ1) is 23.7. The summed E-state index contributed by atoms with van der Waals surface area (Å²) in [5.41, 5.74) is 6.08. The lowest BCUT2D eigenvalue weighted by Crippen LogP contribution is -2.04. The molecule has 6 bridgehead atoms. The minimum Gasteiger partial charge on any atom is -0.477 e. The summed E-state index contributed by atoms with van der Waals surface area (Å²) < 4.78 is 13.9. The number of nitrogens with zero attached hydrogens (tertiary/aromatic N) is 5. The molecule has 0 saturated carbocycles. The van der Waals surface area contributed by atoms with Crippen molar-refractivity contribution in [2.45, 2.75) is 39.3 Å². The number of fused-ring (bicyclic) bond motifs is 7. The summed E-state index contributed by atoms with van der Waals surface area (Å²) in [4.78, 5) is 17.8. The van der Waals surface area contributed by atoms with Crippen molar-refractivity contribution < 1.29 is 9.47 Å². The Bertz CT molecular complexity index is 1320. The summed E-state index contributed by atoms with van der Waals surface area (Å²) in [5, 5.41) is 3.41. The molecule has 4 aromatic rings. The van der Waals surface area contributed by atoms with Crippen LogP contribution in [-0.2, 0) is 24.3 Å². The van der Waals surface area contributed by atoms with Gasteiger partial charge >= 0.3 is 0 Å². The van der Waals surface area contributed by atoms with Crippen LogP contribution in [0.4, 0.5) is 11.6 Å². The van der Waals surface area contributed by atoms with Crippen LogP contribution in [-0.4, -0.2) is 37.7 Å². The van der Waals surface area contributed by atoms with E-state index in [-0.39, 0.29) is 0 Å². The number of rotatable bonds is 4. The summed E-state index contributed by atoms with van der Waals surface area (Å²) in [5.74, 6) is 1.13. The van der Waals surface area contributed by atoms with Gasteiger partial charge in [-0.2, -0.15) is 0 Å². The Labute approximate surface area is 211 Å². The molecule has 3 aromatic heterocycles. The van der Waals surface area contributed by atoms with Gasteiger partial charge in [-0.1, -0.05) is 18.2 Å². The van der Waals surface area contributed by atoms with Gasteiger partial charge in [-0.15, -0.1) is 0 Å². The van der Waals surface area contributed by atoms with E-state index >= 15 is 0 Å². The molecule has 0 aliphatic carbocycles. The van der Waals surface area contributed by atoms with Crippen LogP contribution in [0.5, 0.6) is 5.88 Å². The van der Waals surface area contributed by atoms with E-state index in [1.807, 2.05) is 50.1 Å². The van der Waals surface area contributed by atoms with Gasteiger partial charge in [0, 0.05) is 48.6 Å². The van der Waals surface area contributed by atoms with Crippen LogP contribution in [0.3, 0.4) is 0 Å². The summed E-state index contributed by atoms with van der Waals surface area (Å²) >= 11 is 0. The predicted molar refractivity (Wildman–Crippen MR) is 139 cm³/mol. The van der Waals surface area contributed by atoms with Crippen LogP contribution in [0, 0.1) is 6.92 Å². The van der Waals surface area contributed by atoms with Crippen molar-refractivity contribution in [2.24, 2.45) is 0 Å². The topological polar surface area (TPSA) is 87.0 Å². The van der Waals surface area contributed by atoms with Crippen LogP contribution in [0.15, 0.2) is 73.6 Å². The third-order valence-corrected chi connectivity index (χ3v) is 5.91. The Morgan fingerprint density at radius 2 is 2.06 bits per heavy atom. The van der Waals surface area contributed by atoms with Gasteiger partial charge in [0.15, 0.2) is 0 Å². The second-order valence-corrected chi connectivity index (χ2v) is 8.80. The summed E-state index contributed by atoms with van der Waals surface area (Å²) in [6.45, 7) is 4.56. The molecule has 0 saturated heterocycles. The molecular weight excluding hydrogens is 452 g/mol. The molecule has 0 atom stereocenters. The molecule has 4 heterocycles. The number of anilines is 2. The fourth-order valence-electron chi connectivity index (χ4n) is 4.17. The average molecular weight is 483 g/mol. The SMILES string of the molecule is Cc1cnc2nc1-c1ccnc(c1)OCC/C=C/COCc1cc(CCCn3ccnc3)cc(c1)N2. The summed E-state index contributed by atoms with van der Waals surface area (Å²) in [6.07, 6.45) is 16.1. The van der Waals surface area contributed by atoms with Gasteiger partial charge in [-0.05, 0) is 61.1 Å². The first-order valence-electron chi connectivity index (χ1n) is 12.2. The van der Waals surface area contributed by atoms with Gasteiger partial charge in [0.05, 0.1) is 31.8 Å². The Kier molecular flexibility index (Phi) is 7.63. The van der Waals surface area contributed by atoms with Gasteiger partial charge in [0.2, 0.25) is 11.8 Å². The molecule has 0 radical (unpaired) electrons. The van der Waals surface area contributed by atoms with E-state index in [1.165, 1.54) is 5.56 Å². The zero-order valence-electron chi connectivity index (χ0n) is 20.4. The first-order chi connectivity index (χ1) is 17.7. The Morgan fingerprint density at radius 1 is 1.08 bits per heavy atom. The highest BCUT2D eigenvalue weighted by Gasteiger charge is 2.10. The molecule has 8 nitrogen and oxygen atoms in total. The third-order valence-electron chi connectivity index (χ3n) is 5.91. The average Bonchev–Trinajstić information content (AvgIpc) is 3.40. The minimum absolute atomic E-state index is 0.527. The number of imidazole rings is 1. The van der Waals surface area contributed by atoms with Crippen LogP contribution in [0.1, 0.15) is 29.5 Å². The molecule has 0 spiro atoms. The van der Waals surface area contributed by atoms with E-state index < -0.39 is 0 Å². The fourth-order valence-corrected chi connectivity index (χ4v) is 4.17. The highest BCUT2D eigenvalue weighted by atomic mass is 16.5. The third kappa shape index (κ3) is 6.34. The lowest BCUT2D eigenvalue weighted by Gasteiger charge is -2.13. The molecule has 1 aliphatic rings. The Morgan fingerprint density at radius 3 is 2.97 bits per heavy atom. The molecular formula is C28H30N6O2. The highest BCUT2D eigenvalue weighted by molar-refractivity contribution is 5.66. The number of benzene rings is 1. The fraction of sp³-hybridized carbons (Fsp3) is 0.286. The molecule has 1 N–H and O–H groups in total. The number of ether oxygens (including phenoxy) is 2. The molecule has 1 aromatic carbocycles. The van der Waals surface area contributed by atoms with Crippen molar-refractivity contribution in [2.75, 3.05) is 18.5 Å². The van der Waals surface area contributed by atoms with Crippen molar-refractivity contribution >= 4 is 11.6 Å². The van der Waals surface area contributed by atoms with Gasteiger partial charge in [0.1, 0.15) is 0 Å². The molecule has 5 rings (SSSR count). The minimum atomic E-state index is 0.527. The zero-order valence-corrected chi connectivity index (χ0v) is 20.4. The van der Waals surface area contributed by atoms with Crippen molar-refractivity contribution in [3.05, 3.63) is 90.3 Å². The number of hydrogen-bond donors (Lipinski definition) is 1. The maximum absolute atomic E-state index is 5.92. The van der Waals surface area contributed by atoms with E-state index in [9.17, 15) is 0 Å². The van der Waals surface area contributed by atoms with E-state index in [0.29, 0.717) is 31.6 Å². The van der Waals surface area contributed by atoms with E-state index in [2.05, 4.69) is 49.1 Å². The Hall–Kier alpha value is -4.04. The summed E-state index contributed by atoms with van der Waals surface area (Å²) in [6, 6.07) is 10.4. The van der Waals surface area contributed by atoms with Crippen LogP contribution in [0.25, 0.3) is 11.3 Å². The van der Waals surface area contributed by atoms with Crippen molar-refractivity contribution in [3.63, 3.8) is 0 Å². The molecule has 36 heavy (non-hydrogen) atoms. The molecule has 0 amide bonds. The standard InChI is InChI=1S/C28H30N6O2/c1-21-18-31-28-32-25-15-22(6-5-10-34-11-9-29-20-34)14-23(16-25)19-35-12-3-2-4-13-36-26-17-24(7-8-30-26)27(21)33-28/h2-3,7-9,11,14-18,20H,4-6,10,12-13,19H2,1H3,(H,31,32,33)/b3-2+. The first-order valence-corrected chi connectivity index (χ1v) is 12.2. The van der Waals surface area contributed by atoms with Crippen LogP contribution >= 0.6 is 0 Å². The van der Waals surface area contributed by atoms with Crippen LogP contribution < -0.4 is 10.1 Å². The molecule has 0 fully saturated rings. The number of aryl methyl sites for hydroxylation is 3. The molecule has 8 heteroatoms. The smallest absolute Gasteiger partial charge is 0.227 e. The zero-order chi connectivity index (χ0) is 24.6. The van der Waals surface area contributed by atoms with Gasteiger partial charge in [-0.25, -0.2) is 19.9 Å². The van der Waals surface area contributed by atoms with Crippen molar-refractivity contribution in [3.8, 4) is 17.1 Å². The van der Waals surface area contributed by atoms with E-state index in [4.69, 9.17) is 14.5 Å². The molecule has 184 valence electrons. The monoisotopic (exact) mass is 482 g/mol. The number of hydrogen-bond acceptors (Lipinski definition) is 7. The second-order valence-electron chi connectivity index (χ2n) is 8.80. The van der Waals surface area contributed by atoms with E-state index in [0.717, 1.165) is 53.9 Å². The van der Waals surface area contributed by atoms with E-state index in [1.54, 1.807) is 6.20 Å². The number of nitrogens with one attached hydrogen (secondary N) is 1. The normalized spacial score (nSPS) is 14.7. The predicted octanol–water partition coefficient (Wildman–Crippen LogP) is 5.28. The maximum Gasteiger partial charge on any atom is 0.227 e. The Balaban J connectivity index is 1.43. The number of pyridine rings is 1. The second kappa shape index (κ2) is 11.6. The highest BCUT2D eigenvalue weighted by Crippen LogP contribution is 2.26. The summed E-state index contributed by atoms with van der Waals surface area (Å²) in [7, 11) is 0. The van der Waals surface area contributed by atoms with Crippen molar-refractivity contribution in [1.82, 2.24) is 24.5 Å². The lowest BCUT2D eigenvalue weighted by atomic mass is 10.0. The maximum atomic E-state index is 5.92.